The van der Waals surface area contributed by atoms with Crippen LogP contribution < -0.4 is 5.56 Å². The molecular weight excluding hydrogens is 396 g/mol. The van der Waals surface area contributed by atoms with Crippen molar-refractivity contribution in [3.8, 4) is 5.75 Å². The summed E-state index contributed by atoms with van der Waals surface area (Å²) in [5.41, 5.74) is -0.0464. The van der Waals surface area contributed by atoms with E-state index >= 15 is 0 Å². The van der Waals surface area contributed by atoms with Crippen LogP contribution in [0, 0.1) is 6.92 Å². The largest absolute Gasteiger partial charge is 0.507 e. The number of aliphatic carboxylic acids is 1. The van der Waals surface area contributed by atoms with Gasteiger partial charge in [-0.3, -0.25) is 9.89 Å². The number of phenolic OH excluding ortho intramolecular Hbond substituents is 1. The minimum atomic E-state index is -1.65. The lowest BCUT2D eigenvalue weighted by Gasteiger charge is -2.24. The Bertz CT molecular complexity index is 1130. The summed E-state index contributed by atoms with van der Waals surface area (Å²) in [5, 5.41) is 31.5. The first-order valence-corrected chi connectivity index (χ1v) is 10.6. The molecule has 31 heavy (non-hydrogen) atoms. The number of phenols is 1. The first-order valence-electron chi connectivity index (χ1n) is 10.6. The zero-order valence-electron chi connectivity index (χ0n) is 17.4. The van der Waals surface area contributed by atoms with E-state index in [9.17, 15) is 19.8 Å². The van der Waals surface area contributed by atoms with Gasteiger partial charge >= 0.3 is 5.97 Å². The summed E-state index contributed by atoms with van der Waals surface area (Å²) in [4.78, 5) is 25.1. The number of hydrogen-bond donors (Lipinski definition) is 3. The van der Waals surface area contributed by atoms with Gasteiger partial charge in [0.2, 0.25) is 5.54 Å². The molecule has 0 spiro atoms. The normalized spacial score (nSPS) is 22.0. The van der Waals surface area contributed by atoms with E-state index in [1.165, 1.54) is 12.5 Å². The Morgan fingerprint density at radius 3 is 2.68 bits per heavy atom. The molecule has 1 atom stereocenters. The van der Waals surface area contributed by atoms with Gasteiger partial charge in [-0.2, -0.15) is 5.11 Å². The second-order valence-electron chi connectivity index (χ2n) is 8.23. The molecule has 1 aromatic carbocycles. The van der Waals surface area contributed by atoms with Gasteiger partial charge in [0.05, 0.1) is 11.7 Å². The lowest BCUT2D eigenvalue weighted by molar-refractivity contribution is -0.141. The van der Waals surface area contributed by atoms with Gasteiger partial charge < -0.3 is 10.2 Å². The molecule has 0 saturated heterocycles. The predicted molar refractivity (Wildman–Crippen MR) is 117 cm³/mol. The van der Waals surface area contributed by atoms with Gasteiger partial charge in [0.1, 0.15) is 5.75 Å². The maximum Gasteiger partial charge on any atom is 0.337 e. The first-order chi connectivity index (χ1) is 14.9. The van der Waals surface area contributed by atoms with Crippen LogP contribution in [-0.2, 0) is 4.79 Å². The van der Waals surface area contributed by atoms with Crippen molar-refractivity contribution >= 4 is 17.2 Å². The van der Waals surface area contributed by atoms with Crippen molar-refractivity contribution < 1.29 is 15.0 Å². The number of aromatic nitrogens is 2. The summed E-state index contributed by atoms with van der Waals surface area (Å²) in [5.74, 6) is -1.11. The van der Waals surface area contributed by atoms with Crippen LogP contribution >= 0.6 is 0 Å². The van der Waals surface area contributed by atoms with Crippen LogP contribution in [0.1, 0.15) is 55.8 Å². The highest BCUT2D eigenvalue weighted by Gasteiger charge is 2.39. The molecule has 0 aliphatic heterocycles. The maximum absolute atomic E-state index is 12.9. The van der Waals surface area contributed by atoms with E-state index in [0.29, 0.717) is 16.8 Å². The minimum Gasteiger partial charge on any atom is -0.507 e. The number of H-pyrrole nitrogens is 1. The topological polar surface area (TPSA) is 120 Å². The molecule has 8 heteroatoms. The molecule has 0 amide bonds. The van der Waals surface area contributed by atoms with E-state index < -0.39 is 11.5 Å². The summed E-state index contributed by atoms with van der Waals surface area (Å²) >= 11 is 0. The summed E-state index contributed by atoms with van der Waals surface area (Å²) in [6.45, 7) is 1.74. The molecule has 0 bridgehead atoms. The number of nitrogens with one attached hydrogen (secondary N) is 1. The van der Waals surface area contributed by atoms with Crippen molar-refractivity contribution in [2.45, 2.75) is 57.0 Å². The Morgan fingerprint density at radius 2 is 1.97 bits per heavy atom. The molecule has 1 unspecified atom stereocenters. The number of nitrogens with zero attached hydrogens (tertiary/aromatic N) is 3. The average Bonchev–Trinajstić information content (AvgIpc) is 3.06. The summed E-state index contributed by atoms with van der Waals surface area (Å²) < 4.78 is 1.61. The quantitative estimate of drug-likeness (QED) is 0.608. The van der Waals surface area contributed by atoms with E-state index in [0.717, 1.165) is 25.7 Å². The number of carboxylic acids is 1. The highest BCUT2D eigenvalue weighted by molar-refractivity contribution is 5.88. The molecule has 1 heterocycles. The Balaban J connectivity index is 1.65. The third-order valence-corrected chi connectivity index (χ3v) is 6.08. The number of allylic oxidation sites excluding steroid dienone is 2. The predicted octanol–water partition coefficient (Wildman–Crippen LogP) is 4.65. The first kappa shape index (κ1) is 20.8. The number of benzene rings is 1. The van der Waals surface area contributed by atoms with Gasteiger partial charge in [-0.1, -0.05) is 49.6 Å². The molecule has 1 saturated carbocycles. The lowest BCUT2D eigenvalue weighted by Crippen LogP contribution is -2.35. The molecule has 1 aromatic heterocycles. The van der Waals surface area contributed by atoms with E-state index in [-0.39, 0.29) is 29.5 Å². The molecule has 8 nitrogen and oxygen atoms in total. The number of carbonyl (C=O) groups is 1. The molecule has 4 rings (SSSR count). The van der Waals surface area contributed by atoms with Gasteiger partial charge in [-0.15, -0.1) is 5.11 Å². The number of aromatic amines is 1. The number of carboxylic acid groups (broad SMARTS) is 1. The van der Waals surface area contributed by atoms with Crippen LogP contribution in [0.4, 0.5) is 5.69 Å². The van der Waals surface area contributed by atoms with Gasteiger partial charge in [-0.25, -0.2) is 9.48 Å². The van der Waals surface area contributed by atoms with E-state index in [1.54, 1.807) is 48.0 Å². The van der Waals surface area contributed by atoms with Crippen LogP contribution in [0.25, 0.3) is 5.57 Å². The van der Waals surface area contributed by atoms with Gasteiger partial charge in [0.25, 0.3) is 5.56 Å². The third kappa shape index (κ3) is 3.97. The number of para-hydroxylation sites is 1. The van der Waals surface area contributed by atoms with E-state index in [2.05, 4.69) is 15.3 Å². The number of aryl methyl sites for hydroxylation is 1. The number of azo groups is 1. The Morgan fingerprint density at radius 1 is 1.23 bits per heavy atom. The number of hydrogen-bond acceptors (Lipinski definition) is 5. The van der Waals surface area contributed by atoms with Crippen molar-refractivity contribution in [1.29, 1.82) is 0 Å². The minimum absolute atomic E-state index is 0.0141. The highest BCUT2D eigenvalue weighted by Crippen LogP contribution is 2.37. The molecule has 162 valence electrons. The fraction of sp³-hybridized carbons (Fsp3) is 0.391. The van der Waals surface area contributed by atoms with Crippen molar-refractivity contribution in [3.05, 3.63) is 64.1 Å². The smallest absolute Gasteiger partial charge is 0.337 e. The Labute approximate surface area is 179 Å². The van der Waals surface area contributed by atoms with Gasteiger partial charge in [0.15, 0.2) is 5.69 Å². The monoisotopic (exact) mass is 422 g/mol. The molecule has 0 radical (unpaired) electrons. The van der Waals surface area contributed by atoms with E-state index in [1.807, 2.05) is 0 Å². The summed E-state index contributed by atoms with van der Waals surface area (Å²) in [7, 11) is 0. The van der Waals surface area contributed by atoms with Crippen LogP contribution in [0.15, 0.2) is 57.5 Å². The summed E-state index contributed by atoms with van der Waals surface area (Å²) in [6.07, 6.45) is 10.1. The fourth-order valence-electron chi connectivity index (χ4n) is 4.33. The van der Waals surface area contributed by atoms with Crippen molar-refractivity contribution in [2.75, 3.05) is 0 Å². The molecule has 3 N–H and O–H groups in total. The molecule has 2 aliphatic rings. The number of aromatic hydroxyl groups is 1. The van der Waals surface area contributed by atoms with Crippen LogP contribution in [0.5, 0.6) is 5.75 Å². The van der Waals surface area contributed by atoms with Crippen molar-refractivity contribution in [1.82, 2.24) is 9.78 Å². The fourth-order valence-corrected chi connectivity index (χ4v) is 4.33. The zero-order valence-corrected chi connectivity index (χ0v) is 17.4. The third-order valence-electron chi connectivity index (χ3n) is 6.08. The second kappa shape index (κ2) is 8.37. The molecule has 2 aliphatic carbocycles. The molecule has 1 fully saturated rings. The van der Waals surface area contributed by atoms with Gasteiger partial charge in [-0.05, 0) is 37.5 Å². The number of rotatable bonds is 5. The van der Waals surface area contributed by atoms with Crippen LogP contribution in [-0.4, -0.2) is 31.5 Å². The standard InChI is InChI=1S/C23H26N4O4/c1-15-20(21(29)27(25-15)17-9-3-2-4-10-17)24-26-23(22(30)31)13-7-8-16(14-23)18-11-5-6-12-19(18)28/h5-8,11-13,17,25,28H,2-4,9-10,14H2,1H3,(H,30,31). The van der Waals surface area contributed by atoms with E-state index in [4.69, 9.17) is 0 Å². The summed E-state index contributed by atoms with van der Waals surface area (Å²) in [6, 6.07) is 6.87. The molecule has 2 aromatic rings. The molecular formula is C23H26N4O4. The Kier molecular flexibility index (Phi) is 5.63. The SMILES string of the molecule is Cc1[nH]n(C2CCCCC2)c(=O)c1N=NC1(C(=O)O)C=CC=C(c2ccccc2O)C1. The highest BCUT2D eigenvalue weighted by atomic mass is 16.4. The van der Waals surface area contributed by atoms with Crippen LogP contribution in [0.2, 0.25) is 0 Å². The van der Waals surface area contributed by atoms with Gasteiger partial charge in [0, 0.05) is 12.0 Å². The van der Waals surface area contributed by atoms with Crippen molar-refractivity contribution in [2.24, 2.45) is 10.2 Å². The second-order valence-corrected chi connectivity index (χ2v) is 8.23. The zero-order chi connectivity index (χ0) is 22.0. The van der Waals surface area contributed by atoms with Crippen molar-refractivity contribution in [3.63, 3.8) is 0 Å². The average molecular weight is 422 g/mol. The van der Waals surface area contributed by atoms with Crippen LogP contribution in [0.3, 0.4) is 0 Å². The maximum atomic E-state index is 12.9. The Hall–Kier alpha value is -3.42. The lowest BCUT2D eigenvalue weighted by atomic mass is 9.84.